The SMILES string of the molecule is O=C(NC[C@@](O)(Cc1ccccc1)c1ccccc1)c1ccc(-n2cccn2)cc1. The normalized spacial score (nSPS) is 12.8. The fourth-order valence-electron chi connectivity index (χ4n) is 3.46. The maximum absolute atomic E-state index is 12.7. The van der Waals surface area contributed by atoms with Crippen molar-refractivity contribution in [2.45, 2.75) is 12.0 Å². The van der Waals surface area contributed by atoms with Crippen molar-refractivity contribution in [3.8, 4) is 5.69 Å². The second-order valence-corrected chi connectivity index (χ2v) is 7.24. The monoisotopic (exact) mass is 397 g/mol. The predicted molar refractivity (Wildman–Crippen MR) is 116 cm³/mol. The molecule has 3 aromatic carbocycles. The largest absolute Gasteiger partial charge is 0.383 e. The minimum absolute atomic E-state index is 0.103. The third-order valence-electron chi connectivity index (χ3n) is 5.09. The molecule has 0 unspecified atom stereocenters. The van der Waals surface area contributed by atoms with Crippen molar-refractivity contribution < 1.29 is 9.90 Å². The summed E-state index contributed by atoms with van der Waals surface area (Å²) in [5.41, 5.74) is 1.96. The molecule has 4 rings (SSSR count). The second kappa shape index (κ2) is 8.76. The van der Waals surface area contributed by atoms with Gasteiger partial charge < -0.3 is 10.4 Å². The zero-order valence-electron chi connectivity index (χ0n) is 16.5. The van der Waals surface area contributed by atoms with Crippen molar-refractivity contribution in [2.24, 2.45) is 0 Å². The van der Waals surface area contributed by atoms with E-state index < -0.39 is 5.60 Å². The van der Waals surface area contributed by atoms with Crippen LogP contribution >= 0.6 is 0 Å². The molecule has 0 fully saturated rings. The van der Waals surface area contributed by atoms with Gasteiger partial charge in [0.2, 0.25) is 0 Å². The van der Waals surface area contributed by atoms with E-state index in [1.54, 1.807) is 23.0 Å². The second-order valence-electron chi connectivity index (χ2n) is 7.24. The highest BCUT2D eigenvalue weighted by molar-refractivity contribution is 5.94. The fourth-order valence-corrected chi connectivity index (χ4v) is 3.46. The van der Waals surface area contributed by atoms with Gasteiger partial charge in [-0.05, 0) is 41.5 Å². The van der Waals surface area contributed by atoms with Crippen LogP contribution in [0.1, 0.15) is 21.5 Å². The summed E-state index contributed by atoms with van der Waals surface area (Å²) >= 11 is 0. The van der Waals surface area contributed by atoms with Gasteiger partial charge in [0.1, 0.15) is 5.60 Å². The topological polar surface area (TPSA) is 67.2 Å². The van der Waals surface area contributed by atoms with Crippen LogP contribution in [0.3, 0.4) is 0 Å². The van der Waals surface area contributed by atoms with E-state index in [2.05, 4.69) is 10.4 Å². The molecule has 0 saturated carbocycles. The summed E-state index contributed by atoms with van der Waals surface area (Å²) in [6, 6.07) is 28.3. The summed E-state index contributed by atoms with van der Waals surface area (Å²) < 4.78 is 1.73. The van der Waals surface area contributed by atoms with Crippen molar-refractivity contribution in [3.63, 3.8) is 0 Å². The number of nitrogens with zero attached hydrogens (tertiary/aromatic N) is 2. The number of aliphatic hydroxyl groups is 1. The van der Waals surface area contributed by atoms with Gasteiger partial charge in [-0.2, -0.15) is 5.10 Å². The maximum Gasteiger partial charge on any atom is 0.251 e. The minimum atomic E-state index is -1.22. The Bertz CT molecular complexity index is 1080. The van der Waals surface area contributed by atoms with Crippen LogP contribution in [0.15, 0.2) is 103 Å². The molecule has 0 radical (unpaired) electrons. The Labute approximate surface area is 175 Å². The molecule has 1 aromatic heterocycles. The number of carbonyl (C=O) groups is 1. The van der Waals surface area contributed by atoms with Crippen LogP contribution in [0.5, 0.6) is 0 Å². The lowest BCUT2D eigenvalue weighted by Gasteiger charge is -2.29. The molecule has 4 aromatic rings. The summed E-state index contributed by atoms with van der Waals surface area (Å²) in [6.45, 7) is 0.103. The number of carbonyl (C=O) groups excluding carboxylic acids is 1. The number of amides is 1. The average Bonchev–Trinajstić information content (AvgIpc) is 3.34. The van der Waals surface area contributed by atoms with Gasteiger partial charge in [0.05, 0.1) is 12.2 Å². The first-order chi connectivity index (χ1) is 14.6. The van der Waals surface area contributed by atoms with Crippen molar-refractivity contribution in [2.75, 3.05) is 6.54 Å². The molecule has 0 aliphatic rings. The van der Waals surface area contributed by atoms with Crippen LogP contribution in [0, 0.1) is 0 Å². The van der Waals surface area contributed by atoms with Crippen LogP contribution in [-0.4, -0.2) is 27.3 Å². The summed E-state index contributed by atoms with van der Waals surface area (Å²) in [7, 11) is 0. The molecule has 2 N–H and O–H groups in total. The Balaban J connectivity index is 1.50. The van der Waals surface area contributed by atoms with E-state index in [4.69, 9.17) is 0 Å². The number of aromatic nitrogens is 2. The average molecular weight is 397 g/mol. The van der Waals surface area contributed by atoms with Crippen LogP contribution in [0.4, 0.5) is 0 Å². The van der Waals surface area contributed by atoms with Gasteiger partial charge in [-0.3, -0.25) is 4.79 Å². The van der Waals surface area contributed by atoms with E-state index in [-0.39, 0.29) is 12.5 Å². The highest BCUT2D eigenvalue weighted by Crippen LogP contribution is 2.25. The highest BCUT2D eigenvalue weighted by Gasteiger charge is 2.30. The molecule has 5 nitrogen and oxygen atoms in total. The number of hydrogen-bond donors (Lipinski definition) is 2. The lowest BCUT2D eigenvalue weighted by atomic mass is 9.87. The Morgan fingerprint density at radius 3 is 2.20 bits per heavy atom. The van der Waals surface area contributed by atoms with Gasteiger partial charge >= 0.3 is 0 Å². The van der Waals surface area contributed by atoms with Crippen molar-refractivity contribution in [1.29, 1.82) is 0 Å². The standard InChI is InChI=1S/C25H23N3O2/c29-24(21-12-14-23(15-13-21)28-17-7-16-27-28)26-19-25(30,22-10-5-2-6-11-22)18-20-8-3-1-4-9-20/h1-17,30H,18-19H2,(H,26,29)/t25-/m0/s1. The van der Waals surface area contributed by atoms with E-state index >= 15 is 0 Å². The van der Waals surface area contributed by atoms with Gasteiger partial charge in [0.15, 0.2) is 0 Å². The lowest BCUT2D eigenvalue weighted by molar-refractivity contribution is 0.0353. The van der Waals surface area contributed by atoms with Crippen LogP contribution in [0.25, 0.3) is 5.69 Å². The molecular formula is C25H23N3O2. The Kier molecular flexibility index (Phi) is 5.72. The zero-order valence-corrected chi connectivity index (χ0v) is 16.5. The van der Waals surface area contributed by atoms with E-state index in [1.807, 2.05) is 85.1 Å². The predicted octanol–water partition coefficient (Wildman–Crippen LogP) is 3.73. The van der Waals surface area contributed by atoms with E-state index in [9.17, 15) is 9.90 Å². The van der Waals surface area contributed by atoms with Crippen LogP contribution in [0.2, 0.25) is 0 Å². The molecule has 1 heterocycles. The minimum Gasteiger partial charge on any atom is -0.383 e. The molecular weight excluding hydrogens is 374 g/mol. The van der Waals surface area contributed by atoms with Gasteiger partial charge in [-0.25, -0.2) is 4.68 Å². The maximum atomic E-state index is 12.7. The lowest BCUT2D eigenvalue weighted by Crippen LogP contribution is -2.42. The third kappa shape index (κ3) is 4.47. The third-order valence-corrected chi connectivity index (χ3v) is 5.09. The highest BCUT2D eigenvalue weighted by atomic mass is 16.3. The van der Waals surface area contributed by atoms with Gasteiger partial charge in [0.25, 0.3) is 5.91 Å². The smallest absolute Gasteiger partial charge is 0.251 e. The number of rotatable bonds is 7. The molecule has 0 saturated heterocycles. The molecule has 0 aliphatic carbocycles. The van der Waals surface area contributed by atoms with Gasteiger partial charge in [-0.15, -0.1) is 0 Å². The number of hydrogen-bond acceptors (Lipinski definition) is 3. The Hall–Kier alpha value is -3.70. The quantitative estimate of drug-likeness (QED) is 0.499. The van der Waals surface area contributed by atoms with Gasteiger partial charge in [0, 0.05) is 24.4 Å². The van der Waals surface area contributed by atoms with Gasteiger partial charge in [-0.1, -0.05) is 60.7 Å². The first-order valence-electron chi connectivity index (χ1n) is 9.84. The van der Waals surface area contributed by atoms with Crippen LogP contribution < -0.4 is 5.32 Å². The summed E-state index contributed by atoms with van der Waals surface area (Å²) in [5.74, 6) is -0.232. The Morgan fingerprint density at radius 1 is 0.900 bits per heavy atom. The van der Waals surface area contributed by atoms with Crippen LogP contribution in [-0.2, 0) is 12.0 Å². The molecule has 1 atom stereocenters. The number of nitrogens with one attached hydrogen (secondary N) is 1. The van der Waals surface area contributed by atoms with E-state index in [0.29, 0.717) is 12.0 Å². The van der Waals surface area contributed by atoms with E-state index in [0.717, 1.165) is 16.8 Å². The first-order valence-corrected chi connectivity index (χ1v) is 9.84. The first kappa shape index (κ1) is 19.6. The van der Waals surface area contributed by atoms with Crippen molar-refractivity contribution >= 4 is 5.91 Å². The summed E-state index contributed by atoms with van der Waals surface area (Å²) in [6.07, 6.45) is 3.95. The summed E-state index contributed by atoms with van der Waals surface area (Å²) in [5, 5.41) is 18.6. The molecule has 0 aliphatic heterocycles. The molecule has 30 heavy (non-hydrogen) atoms. The molecule has 1 amide bonds. The molecule has 0 bridgehead atoms. The van der Waals surface area contributed by atoms with Crippen molar-refractivity contribution in [3.05, 3.63) is 120 Å². The zero-order chi connectivity index (χ0) is 20.8. The van der Waals surface area contributed by atoms with Crippen molar-refractivity contribution in [1.82, 2.24) is 15.1 Å². The summed E-state index contributed by atoms with van der Waals surface area (Å²) in [4.78, 5) is 12.7. The fraction of sp³-hybridized carbons (Fsp3) is 0.120. The molecule has 0 spiro atoms. The number of benzene rings is 3. The van der Waals surface area contributed by atoms with E-state index in [1.165, 1.54) is 0 Å². The molecule has 5 heteroatoms. The molecule has 150 valence electrons. The Morgan fingerprint density at radius 2 is 1.57 bits per heavy atom.